The molecule has 0 heterocycles. The number of primary amides is 1. The molecular formula is C21H27Cl2N7O4S. The van der Waals surface area contributed by atoms with E-state index in [9.17, 15) is 18.0 Å². The summed E-state index contributed by atoms with van der Waals surface area (Å²) in [5.74, 6) is -1.64. The third-order valence-electron chi connectivity index (χ3n) is 4.80. The summed E-state index contributed by atoms with van der Waals surface area (Å²) in [6.45, 7) is 0.264. The fourth-order valence-corrected chi connectivity index (χ4v) is 4.72. The lowest BCUT2D eigenvalue weighted by molar-refractivity contribution is -0.128. The van der Waals surface area contributed by atoms with Crippen molar-refractivity contribution in [3.05, 3.63) is 64.1 Å². The molecule has 2 aromatic rings. The lowest BCUT2D eigenvalue weighted by Crippen LogP contribution is -2.56. The molecule has 2 aromatic carbocycles. The number of sulfonamides is 1. The van der Waals surface area contributed by atoms with Gasteiger partial charge in [0, 0.05) is 18.0 Å². The molecule has 2 atom stereocenters. The van der Waals surface area contributed by atoms with Crippen molar-refractivity contribution in [3.8, 4) is 0 Å². The van der Waals surface area contributed by atoms with Crippen LogP contribution in [0.5, 0.6) is 0 Å². The van der Waals surface area contributed by atoms with Gasteiger partial charge in [-0.15, -0.1) is 4.83 Å². The topological polar surface area (TPSA) is 192 Å². The molecule has 2 amide bonds. The van der Waals surface area contributed by atoms with E-state index in [0.717, 1.165) is 5.56 Å². The Morgan fingerprint density at radius 3 is 2.31 bits per heavy atom. The highest BCUT2D eigenvalue weighted by Gasteiger charge is 2.26. The number of hydrogen-bond acceptors (Lipinski definition) is 6. The van der Waals surface area contributed by atoms with Crippen molar-refractivity contribution < 1.29 is 18.0 Å². The van der Waals surface area contributed by atoms with Crippen LogP contribution in [0.3, 0.4) is 0 Å². The van der Waals surface area contributed by atoms with Gasteiger partial charge in [-0.1, -0.05) is 53.5 Å². The van der Waals surface area contributed by atoms with E-state index in [1.807, 2.05) is 6.07 Å². The monoisotopic (exact) mass is 543 g/mol. The zero-order valence-electron chi connectivity index (χ0n) is 18.6. The van der Waals surface area contributed by atoms with E-state index in [2.05, 4.69) is 20.9 Å². The summed E-state index contributed by atoms with van der Waals surface area (Å²) in [7, 11) is -4.17. The number of rotatable bonds is 13. The molecule has 0 saturated heterocycles. The third-order valence-corrected chi connectivity index (χ3v) is 6.78. The quantitative estimate of drug-likeness (QED) is 0.0831. The maximum Gasteiger partial charge on any atom is 0.254 e. The number of hydrazine groups is 1. The smallest absolute Gasteiger partial charge is 0.254 e. The van der Waals surface area contributed by atoms with E-state index < -0.39 is 33.9 Å². The van der Waals surface area contributed by atoms with Gasteiger partial charge in [0.25, 0.3) is 10.0 Å². The molecule has 190 valence electrons. The van der Waals surface area contributed by atoms with Gasteiger partial charge < -0.3 is 22.1 Å². The molecule has 0 aliphatic heterocycles. The van der Waals surface area contributed by atoms with Crippen LogP contribution in [0.2, 0.25) is 10.0 Å². The second-order valence-corrected chi connectivity index (χ2v) is 10.0. The molecule has 2 rings (SSSR count). The Balaban J connectivity index is 2.14. The van der Waals surface area contributed by atoms with E-state index in [-0.39, 0.29) is 40.3 Å². The Labute approximate surface area is 213 Å². The van der Waals surface area contributed by atoms with Gasteiger partial charge in [-0.2, -0.15) is 0 Å². The number of benzene rings is 2. The molecule has 0 bridgehead atoms. The van der Waals surface area contributed by atoms with Crippen LogP contribution in [0, 0.1) is 5.41 Å². The van der Waals surface area contributed by atoms with Gasteiger partial charge in [0.15, 0.2) is 5.96 Å². The van der Waals surface area contributed by atoms with Crippen LogP contribution >= 0.6 is 23.2 Å². The third kappa shape index (κ3) is 9.34. The minimum Gasteiger partial charge on any atom is -0.370 e. The summed E-state index contributed by atoms with van der Waals surface area (Å²) in [5, 5.41) is 12.5. The molecule has 0 aliphatic rings. The number of carbonyl (C=O) groups is 2. The predicted molar refractivity (Wildman–Crippen MR) is 134 cm³/mol. The molecule has 35 heavy (non-hydrogen) atoms. The SMILES string of the molecule is N=C(N)NCCC[C@H](NNS(=O)(=O)c1ccc(Cl)cc1Cl)C(=O)N[C@@H](Cc1ccccc1)C(N)=O. The number of halogens is 2. The van der Waals surface area contributed by atoms with Crippen LogP contribution in [0.1, 0.15) is 18.4 Å². The van der Waals surface area contributed by atoms with Crippen molar-refractivity contribution in [2.45, 2.75) is 36.2 Å². The number of nitrogens with two attached hydrogens (primary N) is 2. The van der Waals surface area contributed by atoms with Crippen LogP contribution in [-0.2, 0) is 26.0 Å². The highest BCUT2D eigenvalue weighted by molar-refractivity contribution is 7.89. The average molecular weight is 544 g/mol. The van der Waals surface area contributed by atoms with Gasteiger partial charge >= 0.3 is 0 Å². The molecule has 0 unspecified atom stereocenters. The molecule has 14 heteroatoms. The van der Waals surface area contributed by atoms with Gasteiger partial charge in [-0.25, -0.2) is 13.8 Å². The van der Waals surface area contributed by atoms with E-state index in [0.29, 0.717) is 6.42 Å². The van der Waals surface area contributed by atoms with E-state index in [4.69, 9.17) is 40.1 Å². The van der Waals surface area contributed by atoms with E-state index in [1.54, 1.807) is 24.3 Å². The zero-order chi connectivity index (χ0) is 26.0. The summed E-state index contributed by atoms with van der Waals surface area (Å²) in [5.41, 5.74) is 14.0. The fourth-order valence-electron chi connectivity index (χ4n) is 3.04. The molecule has 0 aliphatic carbocycles. The Kier molecular flexibility index (Phi) is 10.7. The molecule has 0 spiro atoms. The van der Waals surface area contributed by atoms with Crippen molar-refractivity contribution in [3.63, 3.8) is 0 Å². The maximum absolute atomic E-state index is 13.0. The van der Waals surface area contributed by atoms with Crippen LogP contribution in [0.15, 0.2) is 53.4 Å². The summed E-state index contributed by atoms with van der Waals surface area (Å²) < 4.78 is 25.4. The molecule has 0 saturated carbocycles. The van der Waals surface area contributed by atoms with Gasteiger partial charge in [0.2, 0.25) is 11.8 Å². The standard InChI is InChI=1S/C21H27Cl2N7O4S/c22-14-8-9-18(15(23)12-14)35(33,34)30-29-16(7-4-10-27-21(25)26)20(32)28-17(19(24)31)11-13-5-2-1-3-6-13/h1-3,5-6,8-9,12,16-17,29-30H,4,7,10-11H2,(H2,24,31)(H,28,32)(H4,25,26,27)/t16-,17-/m0/s1. The van der Waals surface area contributed by atoms with Gasteiger partial charge in [-0.3, -0.25) is 15.0 Å². The Morgan fingerprint density at radius 1 is 1.03 bits per heavy atom. The second-order valence-electron chi connectivity index (χ2n) is 7.51. The summed E-state index contributed by atoms with van der Waals surface area (Å²) >= 11 is 11.8. The minimum absolute atomic E-state index is 0.102. The van der Waals surface area contributed by atoms with E-state index in [1.165, 1.54) is 18.2 Å². The zero-order valence-corrected chi connectivity index (χ0v) is 20.9. The molecule has 9 N–H and O–H groups in total. The number of amides is 2. The normalized spacial score (nSPS) is 13.0. The Hall–Kier alpha value is -2.90. The first-order chi connectivity index (χ1) is 16.5. The first-order valence-corrected chi connectivity index (χ1v) is 12.7. The lowest BCUT2D eigenvalue weighted by Gasteiger charge is -2.22. The maximum atomic E-state index is 13.0. The predicted octanol–water partition coefficient (Wildman–Crippen LogP) is 0.621. The van der Waals surface area contributed by atoms with Gasteiger partial charge in [0.05, 0.1) is 5.02 Å². The first-order valence-electron chi connectivity index (χ1n) is 10.4. The minimum atomic E-state index is -4.17. The van der Waals surface area contributed by atoms with Crippen LogP contribution in [-0.4, -0.2) is 44.8 Å². The first kappa shape index (κ1) is 28.3. The van der Waals surface area contributed by atoms with Crippen molar-refractivity contribution >= 4 is 51.0 Å². The highest BCUT2D eigenvalue weighted by atomic mass is 35.5. The number of guanidine groups is 1. The van der Waals surface area contributed by atoms with Crippen LogP contribution < -0.4 is 32.4 Å². The summed E-state index contributed by atoms with van der Waals surface area (Å²) in [6.07, 6.45) is 0.625. The number of nitrogens with one attached hydrogen (secondary N) is 5. The van der Waals surface area contributed by atoms with Gasteiger partial charge in [-0.05, 0) is 36.6 Å². The second kappa shape index (κ2) is 13.3. The van der Waals surface area contributed by atoms with Crippen LogP contribution in [0.25, 0.3) is 0 Å². The molecule has 0 radical (unpaired) electrons. The van der Waals surface area contributed by atoms with Crippen molar-refractivity contribution in [2.24, 2.45) is 11.5 Å². The summed E-state index contributed by atoms with van der Waals surface area (Å²) in [4.78, 5) is 26.9. The Bertz CT molecular complexity index is 1150. The Morgan fingerprint density at radius 2 is 1.71 bits per heavy atom. The lowest BCUT2D eigenvalue weighted by atomic mass is 10.0. The van der Waals surface area contributed by atoms with Crippen LogP contribution in [0.4, 0.5) is 0 Å². The molecule has 0 fully saturated rings. The molecular weight excluding hydrogens is 517 g/mol. The molecule has 0 aromatic heterocycles. The number of carbonyl (C=O) groups excluding carboxylic acids is 2. The van der Waals surface area contributed by atoms with Gasteiger partial charge in [0.1, 0.15) is 17.0 Å². The highest BCUT2D eigenvalue weighted by Crippen LogP contribution is 2.24. The summed E-state index contributed by atoms with van der Waals surface area (Å²) in [6, 6.07) is 10.7. The molecule has 11 nitrogen and oxygen atoms in total. The van der Waals surface area contributed by atoms with Crippen molar-refractivity contribution in [2.75, 3.05) is 6.54 Å². The van der Waals surface area contributed by atoms with E-state index >= 15 is 0 Å². The fraction of sp³-hybridized carbons (Fsp3) is 0.286. The number of hydrogen-bond donors (Lipinski definition) is 7. The largest absolute Gasteiger partial charge is 0.370 e. The average Bonchev–Trinajstić information content (AvgIpc) is 2.78. The van der Waals surface area contributed by atoms with Crippen molar-refractivity contribution in [1.82, 2.24) is 20.9 Å². The van der Waals surface area contributed by atoms with Crippen molar-refractivity contribution in [1.29, 1.82) is 5.41 Å².